The number of nitrogens with zero attached hydrogens (tertiary/aromatic N) is 1. The number of hydrogen-bond acceptors (Lipinski definition) is 5. The van der Waals surface area contributed by atoms with Crippen LogP contribution in [0.25, 0.3) is 0 Å². The fourth-order valence-corrected chi connectivity index (χ4v) is 4.41. The Morgan fingerprint density at radius 3 is 2.42 bits per heavy atom. The Bertz CT molecular complexity index is 945. The molecule has 7 nitrogen and oxygen atoms in total. The molecule has 2 rings (SSSR count). The van der Waals surface area contributed by atoms with Crippen LogP contribution in [0.4, 0.5) is 5.69 Å². The quantitative estimate of drug-likeness (QED) is 0.503. The number of carbonyl (C=O) groups is 1. The highest BCUT2D eigenvalue weighted by Gasteiger charge is 2.28. The van der Waals surface area contributed by atoms with Crippen molar-refractivity contribution < 1.29 is 22.7 Å². The van der Waals surface area contributed by atoms with E-state index in [1.165, 1.54) is 7.11 Å². The molecule has 0 fully saturated rings. The molecule has 2 aromatic rings. The van der Waals surface area contributed by atoms with Crippen molar-refractivity contribution in [2.45, 2.75) is 39.2 Å². The van der Waals surface area contributed by atoms with Gasteiger partial charge < -0.3 is 14.8 Å². The molecular formula is C23H32N2O5S. The molecule has 1 amide bonds. The zero-order valence-corrected chi connectivity index (χ0v) is 19.4. The van der Waals surface area contributed by atoms with Crippen LogP contribution in [-0.2, 0) is 21.2 Å². The van der Waals surface area contributed by atoms with E-state index in [0.717, 1.165) is 34.7 Å². The molecule has 0 aliphatic rings. The van der Waals surface area contributed by atoms with Crippen molar-refractivity contribution in [1.82, 2.24) is 5.32 Å². The van der Waals surface area contributed by atoms with Crippen molar-refractivity contribution in [3.63, 3.8) is 0 Å². The van der Waals surface area contributed by atoms with Gasteiger partial charge >= 0.3 is 0 Å². The maximum atomic E-state index is 12.7. The average molecular weight is 449 g/mol. The summed E-state index contributed by atoms with van der Waals surface area (Å²) >= 11 is 0. The summed E-state index contributed by atoms with van der Waals surface area (Å²) in [5.41, 5.74) is 1.50. The van der Waals surface area contributed by atoms with Gasteiger partial charge in [-0.2, -0.15) is 0 Å². The number of amides is 1. The number of carbonyl (C=O) groups excluding carboxylic acids is 1. The van der Waals surface area contributed by atoms with Crippen molar-refractivity contribution in [1.29, 1.82) is 0 Å². The van der Waals surface area contributed by atoms with E-state index in [9.17, 15) is 13.2 Å². The van der Waals surface area contributed by atoms with Crippen molar-refractivity contribution in [3.05, 3.63) is 54.1 Å². The van der Waals surface area contributed by atoms with Crippen LogP contribution in [0, 0.1) is 0 Å². The third-order valence-corrected chi connectivity index (χ3v) is 6.01. The second-order valence-corrected chi connectivity index (χ2v) is 9.14. The number of nitrogens with one attached hydrogen (secondary N) is 1. The number of aryl methyl sites for hydroxylation is 1. The van der Waals surface area contributed by atoms with Crippen LogP contribution in [0.1, 0.15) is 32.3 Å². The smallest absolute Gasteiger partial charge is 0.243 e. The van der Waals surface area contributed by atoms with E-state index in [1.54, 1.807) is 31.2 Å². The van der Waals surface area contributed by atoms with Gasteiger partial charge in [0.2, 0.25) is 15.9 Å². The fraction of sp³-hybridized carbons (Fsp3) is 0.435. The van der Waals surface area contributed by atoms with Gasteiger partial charge in [0.1, 0.15) is 17.5 Å². The summed E-state index contributed by atoms with van der Waals surface area (Å²) in [6.45, 7) is 4.74. The largest absolute Gasteiger partial charge is 0.497 e. The first kappa shape index (κ1) is 24.5. The number of sulfonamides is 1. The van der Waals surface area contributed by atoms with E-state index >= 15 is 0 Å². The predicted octanol–water partition coefficient (Wildman–Crippen LogP) is 3.39. The third kappa shape index (κ3) is 7.17. The zero-order valence-electron chi connectivity index (χ0n) is 18.6. The normalized spacial score (nSPS) is 12.1. The molecule has 0 heterocycles. The molecule has 8 heteroatoms. The van der Waals surface area contributed by atoms with Gasteiger partial charge in [-0.1, -0.05) is 25.1 Å². The molecule has 0 unspecified atom stereocenters. The molecular weight excluding hydrogens is 416 g/mol. The molecule has 0 saturated heterocycles. The summed E-state index contributed by atoms with van der Waals surface area (Å²) in [4.78, 5) is 12.7. The molecule has 0 aliphatic carbocycles. The monoisotopic (exact) mass is 448 g/mol. The van der Waals surface area contributed by atoms with Crippen LogP contribution in [0.5, 0.6) is 11.5 Å². The molecule has 0 radical (unpaired) electrons. The first-order valence-corrected chi connectivity index (χ1v) is 12.2. The number of benzene rings is 2. The van der Waals surface area contributed by atoms with E-state index in [2.05, 4.69) is 12.2 Å². The molecule has 0 saturated carbocycles. The Labute approximate surface area is 185 Å². The van der Waals surface area contributed by atoms with E-state index < -0.39 is 16.1 Å². The van der Waals surface area contributed by atoms with Crippen molar-refractivity contribution in [2.75, 3.05) is 30.8 Å². The van der Waals surface area contributed by atoms with Crippen molar-refractivity contribution in [2.24, 2.45) is 0 Å². The Morgan fingerprint density at radius 1 is 1.13 bits per heavy atom. The molecule has 1 atom stereocenters. The summed E-state index contributed by atoms with van der Waals surface area (Å²) in [5, 5.41) is 2.85. The molecule has 170 valence electrons. The van der Waals surface area contributed by atoms with Crippen LogP contribution in [-0.4, -0.2) is 46.9 Å². The summed E-state index contributed by atoms with van der Waals surface area (Å²) in [6, 6.07) is 13.6. The first-order valence-electron chi connectivity index (χ1n) is 10.4. The van der Waals surface area contributed by atoms with Gasteiger partial charge in [-0.15, -0.1) is 0 Å². The predicted molar refractivity (Wildman–Crippen MR) is 123 cm³/mol. The number of hydrogen-bond donors (Lipinski definition) is 1. The average Bonchev–Trinajstić information content (AvgIpc) is 2.75. The number of methoxy groups -OCH3 is 1. The number of rotatable bonds is 12. The summed E-state index contributed by atoms with van der Waals surface area (Å²) in [5.74, 6) is 1.13. The van der Waals surface area contributed by atoms with E-state index in [-0.39, 0.29) is 5.91 Å². The lowest BCUT2D eigenvalue weighted by Crippen LogP contribution is -2.48. The van der Waals surface area contributed by atoms with Crippen LogP contribution in [0.15, 0.2) is 48.5 Å². The zero-order chi connectivity index (χ0) is 22.9. The SMILES string of the molecule is CCCOc1ccccc1CCCNC(=O)[C@H](C)N(c1ccc(OC)cc1)S(C)(=O)=O. The molecule has 2 aromatic carbocycles. The lowest BCUT2D eigenvalue weighted by atomic mass is 10.1. The van der Waals surface area contributed by atoms with Gasteiger partial charge in [0.05, 0.1) is 25.7 Å². The van der Waals surface area contributed by atoms with Crippen LogP contribution in [0.2, 0.25) is 0 Å². The molecule has 1 N–H and O–H groups in total. The third-order valence-electron chi connectivity index (χ3n) is 4.77. The lowest BCUT2D eigenvalue weighted by Gasteiger charge is -2.28. The first-order chi connectivity index (χ1) is 14.8. The number of anilines is 1. The highest BCUT2D eigenvalue weighted by atomic mass is 32.2. The van der Waals surface area contributed by atoms with Crippen molar-refractivity contribution >= 4 is 21.6 Å². The minimum atomic E-state index is -3.65. The second kappa shape index (κ2) is 11.6. The molecule has 0 aromatic heterocycles. The molecule has 0 spiro atoms. The van der Waals surface area contributed by atoms with Gasteiger partial charge in [-0.05, 0) is 62.1 Å². The number of ether oxygens (including phenoxy) is 2. The minimum absolute atomic E-state index is 0.350. The Balaban J connectivity index is 1.97. The van der Waals surface area contributed by atoms with E-state index in [1.807, 2.05) is 24.3 Å². The Kier molecular flexibility index (Phi) is 9.18. The minimum Gasteiger partial charge on any atom is -0.497 e. The van der Waals surface area contributed by atoms with E-state index in [4.69, 9.17) is 9.47 Å². The van der Waals surface area contributed by atoms with Gasteiger partial charge in [0, 0.05) is 6.54 Å². The van der Waals surface area contributed by atoms with E-state index in [0.29, 0.717) is 31.0 Å². The van der Waals surface area contributed by atoms with Crippen LogP contribution >= 0.6 is 0 Å². The highest BCUT2D eigenvalue weighted by Crippen LogP contribution is 2.24. The van der Waals surface area contributed by atoms with Crippen LogP contribution in [0.3, 0.4) is 0 Å². The molecule has 0 aliphatic heterocycles. The highest BCUT2D eigenvalue weighted by molar-refractivity contribution is 7.92. The maximum Gasteiger partial charge on any atom is 0.243 e. The Morgan fingerprint density at radius 2 is 1.81 bits per heavy atom. The van der Waals surface area contributed by atoms with Gasteiger partial charge in [-0.3, -0.25) is 9.10 Å². The molecule has 31 heavy (non-hydrogen) atoms. The van der Waals surface area contributed by atoms with Crippen LogP contribution < -0.4 is 19.1 Å². The topological polar surface area (TPSA) is 84.9 Å². The summed E-state index contributed by atoms with van der Waals surface area (Å²) < 4.78 is 36.7. The maximum absolute atomic E-state index is 12.7. The standard InChI is InChI=1S/C23H32N2O5S/c1-5-17-30-22-11-7-6-9-19(22)10-8-16-24-23(26)18(2)25(31(4,27)28)20-12-14-21(29-3)15-13-20/h6-7,9,11-15,18H,5,8,10,16-17H2,1-4H3,(H,24,26)/t18-/m0/s1. The fourth-order valence-electron chi connectivity index (χ4n) is 3.24. The van der Waals surface area contributed by atoms with Gasteiger partial charge in [0.25, 0.3) is 0 Å². The lowest BCUT2D eigenvalue weighted by molar-refractivity contribution is -0.121. The Hall–Kier alpha value is -2.74. The summed E-state index contributed by atoms with van der Waals surface area (Å²) in [6.07, 6.45) is 3.50. The second-order valence-electron chi connectivity index (χ2n) is 7.28. The van der Waals surface area contributed by atoms with Gasteiger partial charge in [-0.25, -0.2) is 8.42 Å². The summed E-state index contributed by atoms with van der Waals surface area (Å²) in [7, 11) is -2.12. The van der Waals surface area contributed by atoms with Gasteiger partial charge in [0.15, 0.2) is 0 Å². The number of para-hydroxylation sites is 1. The molecule has 0 bridgehead atoms. The van der Waals surface area contributed by atoms with Crippen molar-refractivity contribution in [3.8, 4) is 11.5 Å².